The molecule has 3 unspecified atom stereocenters. The number of rotatable bonds is 12. The summed E-state index contributed by atoms with van der Waals surface area (Å²) in [7, 11) is 0. The molecule has 0 saturated heterocycles. The summed E-state index contributed by atoms with van der Waals surface area (Å²) in [6, 6.07) is 0. The summed E-state index contributed by atoms with van der Waals surface area (Å²) in [5.74, 6) is -0.526. The van der Waals surface area contributed by atoms with Gasteiger partial charge in [-0.3, -0.25) is 4.79 Å². The molecule has 0 aliphatic rings. The molecule has 0 aliphatic carbocycles. The molecule has 0 saturated carbocycles. The van der Waals surface area contributed by atoms with Crippen molar-refractivity contribution < 1.29 is 33.7 Å². The molecule has 0 aromatic carbocycles. The van der Waals surface area contributed by atoms with E-state index in [1.165, 1.54) is 6.92 Å². The molecule has 1 amide bonds. The van der Waals surface area contributed by atoms with Crippen molar-refractivity contribution in [2.75, 3.05) is 13.2 Å². The minimum absolute atomic E-state index is 0.00868. The average molecular weight is 345 g/mol. The van der Waals surface area contributed by atoms with Gasteiger partial charge >= 0.3 is 12.1 Å². The number of aliphatic hydroxyl groups is 1. The number of carbonyl (C=O) groups excluding carboxylic acids is 3. The van der Waals surface area contributed by atoms with Crippen LogP contribution in [0.3, 0.4) is 0 Å². The van der Waals surface area contributed by atoms with E-state index in [-0.39, 0.29) is 31.6 Å². The number of aliphatic hydroxyl groups excluding tert-OH is 1. The van der Waals surface area contributed by atoms with Gasteiger partial charge in [-0.1, -0.05) is 13.5 Å². The van der Waals surface area contributed by atoms with Crippen molar-refractivity contribution in [3.8, 4) is 0 Å². The zero-order valence-electron chi connectivity index (χ0n) is 14.4. The van der Waals surface area contributed by atoms with Crippen molar-refractivity contribution in [1.29, 1.82) is 0 Å². The zero-order chi connectivity index (χ0) is 18.5. The van der Waals surface area contributed by atoms with Gasteiger partial charge in [0.15, 0.2) is 0 Å². The van der Waals surface area contributed by atoms with E-state index in [1.54, 1.807) is 6.92 Å². The Labute approximate surface area is 142 Å². The van der Waals surface area contributed by atoms with E-state index in [9.17, 15) is 19.5 Å². The van der Waals surface area contributed by atoms with Gasteiger partial charge in [-0.25, -0.2) is 9.59 Å². The fourth-order valence-corrected chi connectivity index (χ4v) is 1.82. The lowest BCUT2D eigenvalue weighted by Crippen LogP contribution is -2.33. The SMILES string of the molecule is C=C(C)C(=O)OCCNC(=O)OC(C)CC(CC(O)CC)OC=O. The number of amides is 1. The smallest absolute Gasteiger partial charge is 0.407 e. The highest BCUT2D eigenvalue weighted by atomic mass is 16.6. The normalized spacial score (nSPS) is 14.0. The molecule has 8 heteroatoms. The van der Waals surface area contributed by atoms with Gasteiger partial charge in [0.05, 0.1) is 12.6 Å². The lowest BCUT2D eigenvalue weighted by Gasteiger charge is -2.21. The number of hydrogen-bond acceptors (Lipinski definition) is 7. The number of nitrogens with one attached hydrogen (secondary N) is 1. The lowest BCUT2D eigenvalue weighted by molar-refractivity contribution is -0.139. The highest BCUT2D eigenvalue weighted by Crippen LogP contribution is 2.13. The van der Waals surface area contributed by atoms with Gasteiger partial charge < -0.3 is 24.6 Å². The molecule has 0 spiro atoms. The number of alkyl carbamates (subject to hydrolysis) is 1. The first-order valence-electron chi connectivity index (χ1n) is 7.84. The van der Waals surface area contributed by atoms with E-state index in [4.69, 9.17) is 14.2 Å². The molecule has 0 rings (SSSR count). The van der Waals surface area contributed by atoms with Crippen molar-refractivity contribution >= 4 is 18.5 Å². The fourth-order valence-electron chi connectivity index (χ4n) is 1.82. The summed E-state index contributed by atoms with van der Waals surface area (Å²) in [5.41, 5.74) is 0.279. The molecule has 0 fully saturated rings. The predicted molar refractivity (Wildman–Crippen MR) is 86.2 cm³/mol. The monoisotopic (exact) mass is 345 g/mol. The number of carbonyl (C=O) groups is 3. The van der Waals surface area contributed by atoms with Gasteiger partial charge in [0.2, 0.25) is 0 Å². The van der Waals surface area contributed by atoms with E-state index in [0.717, 1.165) is 0 Å². The molecule has 2 N–H and O–H groups in total. The van der Waals surface area contributed by atoms with Crippen LogP contribution in [-0.2, 0) is 23.8 Å². The molecule has 138 valence electrons. The van der Waals surface area contributed by atoms with Crippen LogP contribution < -0.4 is 5.32 Å². The van der Waals surface area contributed by atoms with Gasteiger partial charge in [0, 0.05) is 18.4 Å². The third-order valence-corrected chi connectivity index (χ3v) is 3.11. The third-order valence-electron chi connectivity index (χ3n) is 3.11. The minimum Gasteiger partial charge on any atom is -0.464 e. The number of hydrogen-bond donors (Lipinski definition) is 2. The second-order valence-electron chi connectivity index (χ2n) is 5.45. The van der Waals surface area contributed by atoms with Crippen LogP contribution in [0.2, 0.25) is 0 Å². The molecule has 0 aromatic heterocycles. The first-order valence-corrected chi connectivity index (χ1v) is 7.84. The van der Waals surface area contributed by atoms with Crippen molar-refractivity contribution in [3.63, 3.8) is 0 Å². The van der Waals surface area contributed by atoms with Crippen LogP contribution in [0, 0.1) is 0 Å². The third kappa shape index (κ3) is 10.6. The molecule has 0 bridgehead atoms. The van der Waals surface area contributed by atoms with E-state index in [2.05, 4.69) is 11.9 Å². The zero-order valence-corrected chi connectivity index (χ0v) is 14.4. The molecule has 0 aliphatic heterocycles. The maximum absolute atomic E-state index is 11.6. The fraction of sp³-hybridized carbons (Fsp3) is 0.688. The Morgan fingerprint density at radius 2 is 2.00 bits per heavy atom. The van der Waals surface area contributed by atoms with Crippen molar-refractivity contribution in [3.05, 3.63) is 12.2 Å². The van der Waals surface area contributed by atoms with Gasteiger partial charge in [-0.05, 0) is 20.3 Å². The Balaban J connectivity index is 4.07. The van der Waals surface area contributed by atoms with Crippen LogP contribution in [0.1, 0.15) is 40.0 Å². The van der Waals surface area contributed by atoms with Crippen molar-refractivity contribution in [2.24, 2.45) is 0 Å². The molecule has 3 atom stereocenters. The Hall–Kier alpha value is -2.09. The predicted octanol–water partition coefficient (Wildman–Crippen LogP) is 1.31. The summed E-state index contributed by atoms with van der Waals surface area (Å²) in [4.78, 5) is 33.2. The standard InChI is InChI=1S/C16H27NO7/c1-5-13(19)9-14(23-10-18)8-12(4)24-16(21)17-6-7-22-15(20)11(2)3/h10,12-14,19H,2,5-9H2,1,3-4H3,(H,17,21). The van der Waals surface area contributed by atoms with Crippen LogP contribution in [0.5, 0.6) is 0 Å². The second-order valence-corrected chi connectivity index (χ2v) is 5.45. The van der Waals surface area contributed by atoms with Crippen LogP contribution in [-0.4, -0.2) is 55.1 Å². The Kier molecular flexibility index (Phi) is 11.3. The van der Waals surface area contributed by atoms with Gasteiger partial charge in [0.1, 0.15) is 18.8 Å². The van der Waals surface area contributed by atoms with Crippen LogP contribution in [0.25, 0.3) is 0 Å². The average Bonchev–Trinajstić information content (AvgIpc) is 2.50. The first kappa shape index (κ1) is 21.9. The quantitative estimate of drug-likeness (QED) is 0.180. The van der Waals surface area contributed by atoms with Crippen LogP contribution in [0.4, 0.5) is 4.79 Å². The summed E-state index contributed by atoms with van der Waals surface area (Å²) in [6.07, 6.45) is -1.21. The summed E-state index contributed by atoms with van der Waals surface area (Å²) in [6.45, 7) is 8.86. The van der Waals surface area contributed by atoms with Gasteiger partial charge in [0.25, 0.3) is 6.47 Å². The number of esters is 1. The van der Waals surface area contributed by atoms with Crippen LogP contribution in [0.15, 0.2) is 12.2 Å². The Bertz CT molecular complexity index is 425. The maximum Gasteiger partial charge on any atom is 0.407 e. The van der Waals surface area contributed by atoms with Crippen LogP contribution >= 0.6 is 0 Å². The summed E-state index contributed by atoms with van der Waals surface area (Å²) >= 11 is 0. The number of ether oxygens (including phenoxy) is 3. The minimum atomic E-state index is -0.672. The Morgan fingerprint density at radius 3 is 2.54 bits per heavy atom. The molecule has 24 heavy (non-hydrogen) atoms. The van der Waals surface area contributed by atoms with E-state index in [0.29, 0.717) is 12.9 Å². The first-order chi connectivity index (χ1) is 11.3. The lowest BCUT2D eigenvalue weighted by atomic mass is 10.0. The largest absolute Gasteiger partial charge is 0.464 e. The van der Waals surface area contributed by atoms with Crippen molar-refractivity contribution in [2.45, 2.75) is 58.3 Å². The molecular weight excluding hydrogens is 318 g/mol. The topological polar surface area (TPSA) is 111 Å². The second kappa shape index (κ2) is 12.3. The highest BCUT2D eigenvalue weighted by molar-refractivity contribution is 5.86. The van der Waals surface area contributed by atoms with E-state index < -0.39 is 30.4 Å². The van der Waals surface area contributed by atoms with E-state index in [1.807, 2.05) is 6.92 Å². The van der Waals surface area contributed by atoms with Gasteiger partial charge in [-0.2, -0.15) is 0 Å². The van der Waals surface area contributed by atoms with Gasteiger partial charge in [-0.15, -0.1) is 0 Å². The highest BCUT2D eigenvalue weighted by Gasteiger charge is 2.20. The van der Waals surface area contributed by atoms with E-state index >= 15 is 0 Å². The molecule has 0 aromatic rings. The Morgan fingerprint density at radius 1 is 1.33 bits per heavy atom. The molecule has 0 heterocycles. The maximum atomic E-state index is 11.6. The molecule has 0 radical (unpaired) electrons. The summed E-state index contributed by atoms with van der Waals surface area (Å²) in [5, 5.41) is 12.1. The summed E-state index contributed by atoms with van der Waals surface area (Å²) < 4.78 is 14.8. The molecular formula is C16H27NO7. The van der Waals surface area contributed by atoms with Crippen molar-refractivity contribution in [1.82, 2.24) is 5.32 Å². The molecule has 8 nitrogen and oxygen atoms in total.